The number of halogens is 2. The number of piperazine rings is 1. The van der Waals surface area contributed by atoms with E-state index >= 15 is 0 Å². The van der Waals surface area contributed by atoms with Crippen molar-refractivity contribution >= 4 is 30.7 Å². The number of carbonyl (C=O) groups is 1. The van der Waals surface area contributed by atoms with E-state index in [1.807, 2.05) is 12.1 Å². The van der Waals surface area contributed by atoms with E-state index < -0.39 is 0 Å². The van der Waals surface area contributed by atoms with E-state index in [-0.39, 0.29) is 30.7 Å². The van der Waals surface area contributed by atoms with E-state index in [2.05, 4.69) is 22.4 Å². The first kappa shape index (κ1) is 18.4. The lowest BCUT2D eigenvalue weighted by atomic mass is 10.2. The molecule has 120 valence electrons. The molecule has 1 aliphatic rings. The lowest BCUT2D eigenvalue weighted by molar-refractivity contribution is 0.0698. The fraction of sp³-hybridized carbons (Fsp3) is 0.357. The maximum absolute atomic E-state index is 12.4. The van der Waals surface area contributed by atoms with Gasteiger partial charge in [-0.2, -0.15) is 0 Å². The first-order valence-electron chi connectivity index (χ1n) is 6.64. The Labute approximate surface area is 141 Å². The largest absolute Gasteiger partial charge is 0.355 e. The fourth-order valence-corrected chi connectivity index (χ4v) is 2.31. The Balaban J connectivity index is 0.00000121. The summed E-state index contributed by atoms with van der Waals surface area (Å²) in [5, 5.41) is 7.19. The predicted octanol–water partition coefficient (Wildman–Crippen LogP) is 2.01. The molecule has 0 aliphatic carbocycles. The van der Waals surface area contributed by atoms with Gasteiger partial charge in [-0.1, -0.05) is 5.16 Å². The first-order chi connectivity index (χ1) is 9.74. The summed E-state index contributed by atoms with van der Waals surface area (Å²) in [6.07, 6.45) is 3.36. The van der Waals surface area contributed by atoms with Gasteiger partial charge in [-0.25, -0.2) is 0 Å². The van der Waals surface area contributed by atoms with Crippen LogP contribution in [-0.4, -0.2) is 46.6 Å². The first-order valence-corrected chi connectivity index (χ1v) is 6.64. The van der Waals surface area contributed by atoms with Crippen molar-refractivity contribution in [2.75, 3.05) is 19.6 Å². The average molecular weight is 345 g/mol. The van der Waals surface area contributed by atoms with Crippen molar-refractivity contribution in [1.29, 1.82) is 0 Å². The zero-order valence-electron chi connectivity index (χ0n) is 12.1. The van der Waals surface area contributed by atoms with Gasteiger partial charge >= 0.3 is 0 Å². The summed E-state index contributed by atoms with van der Waals surface area (Å²) in [5.41, 5.74) is 1.21. The number of hydrogen-bond acceptors (Lipinski definition) is 5. The molecule has 1 unspecified atom stereocenters. The van der Waals surface area contributed by atoms with E-state index in [1.54, 1.807) is 23.4 Å². The van der Waals surface area contributed by atoms with Crippen LogP contribution >= 0.6 is 24.8 Å². The standard InChI is InChI=1S/C14H16N4O2.2ClH/c1-10-9-18(7-6-16-10)14(19)12-8-13(20-17-12)11-2-4-15-5-3-11;;/h2-5,8,10,16H,6-7,9H2,1H3;2*1H. The Morgan fingerprint density at radius 2 is 2.09 bits per heavy atom. The molecule has 1 fully saturated rings. The molecule has 1 aliphatic heterocycles. The molecule has 2 aromatic rings. The second kappa shape index (κ2) is 8.12. The van der Waals surface area contributed by atoms with Crippen LogP contribution < -0.4 is 5.32 Å². The van der Waals surface area contributed by atoms with Crippen molar-refractivity contribution in [2.45, 2.75) is 13.0 Å². The minimum atomic E-state index is -0.0811. The van der Waals surface area contributed by atoms with Crippen LogP contribution in [0.3, 0.4) is 0 Å². The predicted molar refractivity (Wildman–Crippen MR) is 87.6 cm³/mol. The lowest BCUT2D eigenvalue weighted by Gasteiger charge is -2.31. The second-order valence-corrected chi connectivity index (χ2v) is 4.92. The monoisotopic (exact) mass is 344 g/mol. The van der Waals surface area contributed by atoms with E-state index in [1.165, 1.54) is 0 Å². The Morgan fingerprint density at radius 3 is 2.77 bits per heavy atom. The van der Waals surface area contributed by atoms with Gasteiger partial charge in [0.25, 0.3) is 5.91 Å². The third-order valence-electron chi connectivity index (χ3n) is 3.35. The highest BCUT2D eigenvalue weighted by Gasteiger charge is 2.24. The van der Waals surface area contributed by atoms with Crippen LogP contribution in [0.25, 0.3) is 11.3 Å². The van der Waals surface area contributed by atoms with Crippen molar-refractivity contribution in [3.63, 3.8) is 0 Å². The number of pyridine rings is 1. The molecule has 0 saturated carbocycles. The highest BCUT2D eigenvalue weighted by Crippen LogP contribution is 2.20. The van der Waals surface area contributed by atoms with E-state index in [4.69, 9.17) is 4.52 Å². The van der Waals surface area contributed by atoms with Crippen LogP contribution in [-0.2, 0) is 0 Å². The molecule has 2 aromatic heterocycles. The van der Waals surface area contributed by atoms with Gasteiger partial charge in [-0.3, -0.25) is 9.78 Å². The molecular formula is C14H18Cl2N4O2. The summed E-state index contributed by atoms with van der Waals surface area (Å²) in [6, 6.07) is 5.63. The molecule has 1 atom stereocenters. The van der Waals surface area contributed by atoms with Crippen molar-refractivity contribution < 1.29 is 9.32 Å². The minimum Gasteiger partial charge on any atom is -0.355 e. The topological polar surface area (TPSA) is 71.3 Å². The summed E-state index contributed by atoms with van der Waals surface area (Å²) in [4.78, 5) is 18.1. The van der Waals surface area contributed by atoms with Gasteiger partial charge in [0.15, 0.2) is 11.5 Å². The van der Waals surface area contributed by atoms with Crippen molar-refractivity contribution in [3.8, 4) is 11.3 Å². The normalized spacial score (nSPS) is 17.3. The molecule has 1 saturated heterocycles. The van der Waals surface area contributed by atoms with Crippen LogP contribution in [0.2, 0.25) is 0 Å². The SMILES string of the molecule is CC1CN(C(=O)c2cc(-c3ccncc3)on2)CCN1.Cl.Cl. The molecule has 22 heavy (non-hydrogen) atoms. The number of aromatic nitrogens is 2. The van der Waals surface area contributed by atoms with Crippen LogP contribution in [0.5, 0.6) is 0 Å². The number of nitrogens with one attached hydrogen (secondary N) is 1. The summed E-state index contributed by atoms with van der Waals surface area (Å²) in [5.74, 6) is 0.501. The number of amides is 1. The van der Waals surface area contributed by atoms with Crippen LogP contribution in [0.1, 0.15) is 17.4 Å². The minimum absolute atomic E-state index is 0. The molecule has 0 radical (unpaired) electrons. The van der Waals surface area contributed by atoms with E-state index in [0.717, 1.165) is 12.1 Å². The van der Waals surface area contributed by atoms with Gasteiger partial charge in [-0.15, -0.1) is 24.8 Å². The molecule has 1 amide bonds. The van der Waals surface area contributed by atoms with Crippen LogP contribution in [0, 0.1) is 0 Å². The molecule has 3 rings (SSSR count). The van der Waals surface area contributed by atoms with Gasteiger partial charge in [0.05, 0.1) is 0 Å². The molecule has 0 aromatic carbocycles. The Morgan fingerprint density at radius 1 is 1.36 bits per heavy atom. The summed E-state index contributed by atoms with van der Waals surface area (Å²) < 4.78 is 5.25. The average Bonchev–Trinajstić information content (AvgIpc) is 2.97. The van der Waals surface area contributed by atoms with Gasteiger partial charge < -0.3 is 14.7 Å². The van der Waals surface area contributed by atoms with Gasteiger partial charge in [0.1, 0.15) is 0 Å². The molecule has 3 heterocycles. The zero-order chi connectivity index (χ0) is 13.9. The van der Waals surface area contributed by atoms with Crippen molar-refractivity contribution in [1.82, 2.24) is 20.4 Å². The van der Waals surface area contributed by atoms with Gasteiger partial charge in [-0.05, 0) is 19.1 Å². The lowest BCUT2D eigenvalue weighted by Crippen LogP contribution is -2.51. The van der Waals surface area contributed by atoms with Gasteiger partial charge in [0, 0.05) is 49.7 Å². The maximum atomic E-state index is 12.4. The molecule has 8 heteroatoms. The fourth-order valence-electron chi connectivity index (χ4n) is 2.31. The Bertz CT molecular complexity index is 606. The van der Waals surface area contributed by atoms with Crippen LogP contribution in [0.4, 0.5) is 0 Å². The quantitative estimate of drug-likeness (QED) is 0.902. The summed E-state index contributed by atoms with van der Waals surface area (Å²) >= 11 is 0. The molecule has 1 N–H and O–H groups in total. The number of nitrogens with zero attached hydrogens (tertiary/aromatic N) is 3. The third-order valence-corrected chi connectivity index (χ3v) is 3.35. The maximum Gasteiger partial charge on any atom is 0.276 e. The number of rotatable bonds is 2. The molecule has 0 spiro atoms. The number of carbonyl (C=O) groups excluding carboxylic acids is 1. The Kier molecular flexibility index (Phi) is 6.80. The van der Waals surface area contributed by atoms with E-state index in [9.17, 15) is 4.79 Å². The zero-order valence-corrected chi connectivity index (χ0v) is 13.7. The van der Waals surface area contributed by atoms with Crippen molar-refractivity contribution in [3.05, 3.63) is 36.3 Å². The number of hydrogen-bond donors (Lipinski definition) is 1. The molecule has 6 nitrogen and oxygen atoms in total. The highest BCUT2D eigenvalue weighted by atomic mass is 35.5. The summed E-state index contributed by atoms with van der Waals surface area (Å²) in [7, 11) is 0. The van der Waals surface area contributed by atoms with Gasteiger partial charge in [0.2, 0.25) is 0 Å². The Hall–Kier alpha value is -1.63. The van der Waals surface area contributed by atoms with E-state index in [0.29, 0.717) is 30.6 Å². The molecular weight excluding hydrogens is 327 g/mol. The third kappa shape index (κ3) is 3.97. The second-order valence-electron chi connectivity index (χ2n) is 4.92. The van der Waals surface area contributed by atoms with Crippen molar-refractivity contribution in [2.24, 2.45) is 0 Å². The smallest absolute Gasteiger partial charge is 0.276 e. The summed E-state index contributed by atoms with van der Waals surface area (Å²) in [6.45, 7) is 4.25. The molecule has 0 bridgehead atoms. The van der Waals surface area contributed by atoms with Crippen LogP contribution in [0.15, 0.2) is 35.1 Å². The highest BCUT2D eigenvalue weighted by molar-refractivity contribution is 5.93.